The average molecular weight is 217 g/mol. The van der Waals surface area contributed by atoms with Crippen molar-refractivity contribution >= 4 is 27.0 Å². The summed E-state index contributed by atoms with van der Waals surface area (Å²) in [4.78, 5) is 0. The van der Waals surface area contributed by atoms with E-state index < -0.39 is 0 Å². The molecule has 1 N–H and O–H groups in total. The van der Waals surface area contributed by atoms with Crippen LogP contribution in [0.1, 0.15) is 12.5 Å². The van der Waals surface area contributed by atoms with E-state index in [-0.39, 0.29) is 0 Å². The number of rotatable bonds is 4. The monoisotopic (exact) mass is 217 g/mol. The summed E-state index contributed by atoms with van der Waals surface area (Å²) in [7, 11) is 0. The molecule has 2 rings (SSSR count). The molecule has 1 nitrogen and oxygen atoms in total. The topological polar surface area (TPSA) is 12.0 Å². The lowest BCUT2D eigenvalue weighted by atomic mass is 10.1. The molecular weight excluding hydrogens is 202 g/mol. The second kappa shape index (κ2) is 4.60. The highest BCUT2D eigenvalue weighted by Crippen LogP contribution is 2.24. The smallest absolute Gasteiger partial charge is 0.0348 e. The van der Waals surface area contributed by atoms with Crippen LogP contribution >= 0.6 is 11.3 Å². The van der Waals surface area contributed by atoms with Gasteiger partial charge in [-0.05, 0) is 40.6 Å². The minimum atomic E-state index is 0.868. The molecule has 15 heavy (non-hydrogen) atoms. The van der Waals surface area contributed by atoms with Gasteiger partial charge in [-0.3, -0.25) is 0 Å². The molecule has 0 aliphatic heterocycles. The zero-order valence-corrected chi connectivity index (χ0v) is 9.73. The van der Waals surface area contributed by atoms with Crippen molar-refractivity contribution in [3.63, 3.8) is 0 Å². The Hall–Kier alpha value is -1.12. The minimum absolute atomic E-state index is 0.868. The Kier molecular flexibility index (Phi) is 3.19. The quantitative estimate of drug-likeness (QED) is 0.826. The molecule has 1 heterocycles. The van der Waals surface area contributed by atoms with Gasteiger partial charge in [-0.15, -0.1) is 11.3 Å². The second-order valence-corrected chi connectivity index (χ2v) is 4.50. The molecule has 0 fully saturated rings. The van der Waals surface area contributed by atoms with Crippen LogP contribution in [0.25, 0.3) is 15.7 Å². The summed E-state index contributed by atoms with van der Waals surface area (Å²) in [5.41, 5.74) is 2.40. The Morgan fingerprint density at radius 3 is 3.07 bits per heavy atom. The van der Waals surface area contributed by atoms with E-state index in [1.807, 2.05) is 0 Å². The maximum Gasteiger partial charge on any atom is 0.0348 e. The molecule has 2 heteroatoms. The van der Waals surface area contributed by atoms with E-state index in [2.05, 4.69) is 48.5 Å². The molecular formula is C13H15NS. The molecule has 0 amide bonds. The molecule has 1 aromatic heterocycles. The zero-order valence-electron chi connectivity index (χ0n) is 8.92. The maximum absolute atomic E-state index is 4.10. The van der Waals surface area contributed by atoms with Crippen LogP contribution < -0.4 is 5.32 Å². The summed E-state index contributed by atoms with van der Waals surface area (Å²) < 4.78 is 1.34. The Labute approximate surface area is 94.4 Å². The van der Waals surface area contributed by atoms with Crippen molar-refractivity contribution in [2.75, 3.05) is 13.1 Å². The number of hydrogen-bond donors (Lipinski definition) is 1. The van der Waals surface area contributed by atoms with Gasteiger partial charge in [-0.25, -0.2) is 0 Å². The average Bonchev–Trinajstić information content (AvgIpc) is 2.72. The van der Waals surface area contributed by atoms with Crippen LogP contribution in [-0.4, -0.2) is 13.1 Å². The molecule has 0 saturated carbocycles. The van der Waals surface area contributed by atoms with Crippen molar-refractivity contribution in [2.24, 2.45) is 0 Å². The number of hydrogen-bond acceptors (Lipinski definition) is 2. The van der Waals surface area contributed by atoms with Gasteiger partial charge in [0.15, 0.2) is 0 Å². The standard InChI is InChI=1S/C13H15NS/c1-3-14-9-10(2)12-5-4-11-6-7-15-13(11)8-12/h4-8,14H,2-3,9H2,1H3. The highest BCUT2D eigenvalue weighted by atomic mass is 32.1. The molecule has 78 valence electrons. The van der Waals surface area contributed by atoms with E-state index in [1.165, 1.54) is 15.6 Å². The van der Waals surface area contributed by atoms with Crippen molar-refractivity contribution in [3.8, 4) is 0 Å². The van der Waals surface area contributed by atoms with Crippen LogP contribution in [0, 0.1) is 0 Å². The van der Waals surface area contributed by atoms with E-state index in [4.69, 9.17) is 0 Å². The normalized spacial score (nSPS) is 10.7. The van der Waals surface area contributed by atoms with Gasteiger partial charge < -0.3 is 5.32 Å². The molecule has 0 aliphatic rings. The molecule has 0 aliphatic carbocycles. The summed E-state index contributed by atoms with van der Waals surface area (Å²) in [6.07, 6.45) is 0. The molecule has 0 spiro atoms. The third-order valence-electron chi connectivity index (χ3n) is 2.45. The molecule has 0 bridgehead atoms. The molecule has 0 saturated heterocycles. The first-order chi connectivity index (χ1) is 7.31. The molecule has 2 aromatic rings. The Morgan fingerprint density at radius 1 is 1.40 bits per heavy atom. The molecule has 0 unspecified atom stereocenters. The predicted octanol–water partition coefficient (Wildman–Crippen LogP) is 3.52. The predicted molar refractivity (Wildman–Crippen MR) is 69.4 cm³/mol. The van der Waals surface area contributed by atoms with Crippen molar-refractivity contribution in [1.29, 1.82) is 0 Å². The van der Waals surface area contributed by atoms with Crippen LogP contribution in [0.5, 0.6) is 0 Å². The Balaban J connectivity index is 2.23. The van der Waals surface area contributed by atoms with E-state index in [9.17, 15) is 0 Å². The van der Waals surface area contributed by atoms with Crippen molar-refractivity contribution in [1.82, 2.24) is 5.32 Å². The van der Waals surface area contributed by atoms with Gasteiger partial charge in [-0.1, -0.05) is 25.6 Å². The fourth-order valence-electron chi connectivity index (χ4n) is 1.55. The van der Waals surface area contributed by atoms with E-state index in [1.54, 1.807) is 11.3 Å². The summed E-state index contributed by atoms with van der Waals surface area (Å²) in [5.74, 6) is 0. The number of nitrogens with one attached hydrogen (secondary N) is 1. The zero-order chi connectivity index (χ0) is 10.7. The van der Waals surface area contributed by atoms with Gasteiger partial charge in [0, 0.05) is 11.2 Å². The van der Waals surface area contributed by atoms with E-state index in [0.29, 0.717) is 0 Å². The van der Waals surface area contributed by atoms with Crippen molar-refractivity contribution in [2.45, 2.75) is 6.92 Å². The fraction of sp³-hybridized carbons (Fsp3) is 0.231. The SMILES string of the molecule is C=C(CNCC)c1ccc2ccsc2c1. The summed E-state index contributed by atoms with van der Waals surface area (Å²) in [5, 5.41) is 6.74. The fourth-order valence-corrected chi connectivity index (χ4v) is 2.38. The number of thiophene rings is 1. The highest BCUT2D eigenvalue weighted by Gasteiger charge is 2.00. The molecule has 0 atom stereocenters. The van der Waals surface area contributed by atoms with E-state index >= 15 is 0 Å². The first kappa shape index (κ1) is 10.4. The van der Waals surface area contributed by atoms with Crippen LogP contribution in [-0.2, 0) is 0 Å². The number of benzene rings is 1. The van der Waals surface area contributed by atoms with Gasteiger partial charge in [0.25, 0.3) is 0 Å². The summed E-state index contributed by atoms with van der Waals surface area (Å²) in [6, 6.07) is 8.68. The Bertz CT molecular complexity index is 470. The van der Waals surface area contributed by atoms with Crippen LogP contribution in [0.2, 0.25) is 0 Å². The van der Waals surface area contributed by atoms with E-state index in [0.717, 1.165) is 18.7 Å². The lowest BCUT2D eigenvalue weighted by Gasteiger charge is -2.06. The summed E-state index contributed by atoms with van der Waals surface area (Å²) >= 11 is 1.78. The lowest BCUT2D eigenvalue weighted by molar-refractivity contribution is 0.808. The van der Waals surface area contributed by atoms with Gasteiger partial charge in [0.05, 0.1) is 0 Å². The van der Waals surface area contributed by atoms with Crippen LogP contribution in [0.3, 0.4) is 0 Å². The van der Waals surface area contributed by atoms with Gasteiger partial charge >= 0.3 is 0 Å². The van der Waals surface area contributed by atoms with Gasteiger partial charge in [-0.2, -0.15) is 0 Å². The number of likely N-dealkylation sites (N-methyl/N-ethyl adjacent to an activating group) is 1. The molecule has 0 radical (unpaired) electrons. The largest absolute Gasteiger partial charge is 0.313 e. The highest BCUT2D eigenvalue weighted by molar-refractivity contribution is 7.17. The first-order valence-corrected chi connectivity index (χ1v) is 6.05. The second-order valence-electron chi connectivity index (χ2n) is 3.56. The summed E-state index contributed by atoms with van der Waals surface area (Å²) in [6.45, 7) is 8.06. The Morgan fingerprint density at radius 2 is 2.27 bits per heavy atom. The van der Waals surface area contributed by atoms with Crippen molar-refractivity contribution in [3.05, 3.63) is 41.8 Å². The number of fused-ring (bicyclic) bond motifs is 1. The van der Waals surface area contributed by atoms with Gasteiger partial charge in [0.2, 0.25) is 0 Å². The minimum Gasteiger partial charge on any atom is -0.313 e. The molecule has 1 aromatic carbocycles. The van der Waals surface area contributed by atoms with Crippen LogP contribution in [0.4, 0.5) is 0 Å². The third kappa shape index (κ3) is 2.28. The first-order valence-electron chi connectivity index (χ1n) is 5.17. The lowest BCUT2D eigenvalue weighted by Crippen LogP contribution is -2.14. The maximum atomic E-state index is 4.10. The van der Waals surface area contributed by atoms with Crippen LogP contribution in [0.15, 0.2) is 36.2 Å². The van der Waals surface area contributed by atoms with Crippen molar-refractivity contribution < 1.29 is 0 Å². The third-order valence-corrected chi connectivity index (χ3v) is 3.33. The van der Waals surface area contributed by atoms with Gasteiger partial charge in [0.1, 0.15) is 0 Å².